The van der Waals surface area contributed by atoms with E-state index >= 15 is 0 Å². The first-order chi connectivity index (χ1) is 9.60. The molecule has 0 radical (unpaired) electrons. The number of para-hydroxylation sites is 1. The Balaban J connectivity index is 2.85. The maximum absolute atomic E-state index is 11.7. The minimum Gasteiger partial charge on any atom is -0.360 e. The Bertz CT molecular complexity index is 532. The molecule has 106 valence electrons. The van der Waals surface area contributed by atoms with Gasteiger partial charge in [0, 0.05) is 24.3 Å². The van der Waals surface area contributed by atoms with Crippen molar-refractivity contribution in [3.8, 4) is 6.07 Å². The van der Waals surface area contributed by atoms with E-state index in [9.17, 15) is 4.79 Å². The molecule has 0 heterocycles. The third-order valence-electron chi connectivity index (χ3n) is 2.70. The van der Waals surface area contributed by atoms with E-state index in [0.717, 1.165) is 11.3 Å². The van der Waals surface area contributed by atoms with Crippen LogP contribution < -0.4 is 10.6 Å². The van der Waals surface area contributed by atoms with Crippen molar-refractivity contribution in [2.45, 2.75) is 19.8 Å². The average Bonchev–Trinajstić information content (AvgIpc) is 2.45. The van der Waals surface area contributed by atoms with Gasteiger partial charge in [-0.05, 0) is 17.5 Å². The zero-order valence-electron chi connectivity index (χ0n) is 11.6. The molecule has 0 aliphatic carbocycles. The summed E-state index contributed by atoms with van der Waals surface area (Å²) in [6.07, 6.45) is 1.42. The van der Waals surface area contributed by atoms with Gasteiger partial charge in [-0.15, -0.1) is 11.6 Å². The second-order valence-electron chi connectivity index (χ2n) is 4.50. The lowest BCUT2D eigenvalue weighted by Crippen LogP contribution is -2.26. The molecule has 1 aromatic carbocycles. The van der Waals surface area contributed by atoms with Gasteiger partial charge in [-0.1, -0.05) is 32.0 Å². The Morgan fingerprint density at radius 2 is 2.15 bits per heavy atom. The van der Waals surface area contributed by atoms with Gasteiger partial charge in [-0.3, -0.25) is 4.79 Å². The third kappa shape index (κ3) is 4.60. The van der Waals surface area contributed by atoms with Gasteiger partial charge in [0.25, 0.3) is 5.91 Å². The Morgan fingerprint density at radius 1 is 1.45 bits per heavy atom. The number of carbonyl (C=O) groups is 1. The van der Waals surface area contributed by atoms with E-state index < -0.39 is 5.91 Å². The number of rotatable bonds is 6. The van der Waals surface area contributed by atoms with Gasteiger partial charge in [0.2, 0.25) is 0 Å². The fourth-order valence-corrected chi connectivity index (χ4v) is 1.78. The largest absolute Gasteiger partial charge is 0.360 e. The van der Waals surface area contributed by atoms with Crippen molar-refractivity contribution >= 4 is 23.2 Å². The molecule has 0 aliphatic rings. The zero-order chi connectivity index (χ0) is 15.0. The second-order valence-corrected chi connectivity index (χ2v) is 4.88. The smallest absolute Gasteiger partial charge is 0.263 e. The van der Waals surface area contributed by atoms with Crippen molar-refractivity contribution in [2.75, 3.05) is 17.7 Å². The van der Waals surface area contributed by atoms with Crippen LogP contribution in [0.1, 0.15) is 25.3 Å². The zero-order valence-corrected chi connectivity index (χ0v) is 12.4. The molecule has 20 heavy (non-hydrogen) atoms. The van der Waals surface area contributed by atoms with Crippen molar-refractivity contribution in [1.82, 2.24) is 5.32 Å². The molecule has 1 rings (SSSR count). The summed E-state index contributed by atoms with van der Waals surface area (Å²) in [4.78, 5) is 11.7. The van der Waals surface area contributed by atoms with E-state index in [2.05, 4.69) is 24.5 Å². The number of alkyl halides is 1. The van der Waals surface area contributed by atoms with E-state index in [1.165, 1.54) is 6.20 Å². The molecule has 0 atom stereocenters. The molecular formula is C15H18ClN3O. The summed E-state index contributed by atoms with van der Waals surface area (Å²) in [6, 6.07) is 9.67. The molecule has 0 fully saturated rings. The van der Waals surface area contributed by atoms with E-state index in [4.69, 9.17) is 16.9 Å². The molecule has 0 unspecified atom stereocenters. The normalized spacial score (nSPS) is 11.1. The highest BCUT2D eigenvalue weighted by molar-refractivity contribution is 6.18. The summed E-state index contributed by atoms with van der Waals surface area (Å²) in [6.45, 7) is 4.51. The molecule has 0 aromatic heterocycles. The van der Waals surface area contributed by atoms with E-state index in [1.54, 1.807) is 0 Å². The highest BCUT2D eigenvalue weighted by atomic mass is 35.5. The summed E-state index contributed by atoms with van der Waals surface area (Å²) >= 11 is 5.49. The van der Waals surface area contributed by atoms with Crippen LogP contribution in [0, 0.1) is 11.3 Å². The van der Waals surface area contributed by atoms with Gasteiger partial charge in [0.15, 0.2) is 0 Å². The predicted molar refractivity (Wildman–Crippen MR) is 81.6 cm³/mol. The topological polar surface area (TPSA) is 64.9 Å². The van der Waals surface area contributed by atoms with Crippen LogP contribution in [0.4, 0.5) is 5.69 Å². The van der Waals surface area contributed by atoms with E-state index in [-0.39, 0.29) is 5.57 Å². The lowest BCUT2D eigenvalue weighted by molar-refractivity contribution is -0.117. The summed E-state index contributed by atoms with van der Waals surface area (Å²) in [7, 11) is 0. The minimum absolute atomic E-state index is 0.0219. The summed E-state index contributed by atoms with van der Waals surface area (Å²) < 4.78 is 0. The predicted octanol–water partition coefficient (Wildman–Crippen LogP) is 2.98. The van der Waals surface area contributed by atoms with Gasteiger partial charge in [0.05, 0.1) is 0 Å². The molecule has 0 saturated carbocycles. The van der Waals surface area contributed by atoms with Crippen molar-refractivity contribution in [1.29, 1.82) is 5.26 Å². The molecule has 0 aliphatic heterocycles. The van der Waals surface area contributed by atoms with Gasteiger partial charge in [0.1, 0.15) is 11.6 Å². The maximum Gasteiger partial charge on any atom is 0.263 e. The number of amides is 1. The van der Waals surface area contributed by atoms with Crippen LogP contribution in [-0.4, -0.2) is 18.3 Å². The van der Waals surface area contributed by atoms with Crippen LogP contribution in [0.25, 0.3) is 0 Å². The summed E-state index contributed by atoms with van der Waals surface area (Å²) in [5, 5.41) is 14.6. The molecule has 5 heteroatoms. The Labute approximate surface area is 124 Å². The summed E-state index contributed by atoms with van der Waals surface area (Å²) in [5.41, 5.74) is 2.04. The van der Waals surface area contributed by atoms with Crippen LogP contribution >= 0.6 is 11.6 Å². The molecule has 1 amide bonds. The number of anilines is 1. The molecule has 0 bridgehead atoms. The fourth-order valence-electron chi connectivity index (χ4n) is 1.69. The Hall–Kier alpha value is -1.99. The number of halogens is 1. The lowest BCUT2D eigenvalue weighted by atomic mass is 10.0. The highest BCUT2D eigenvalue weighted by Gasteiger charge is 2.09. The van der Waals surface area contributed by atoms with Gasteiger partial charge in [-0.2, -0.15) is 5.26 Å². The van der Waals surface area contributed by atoms with Crippen LogP contribution in [0.5, 0.6) is 0 Å². The Morgan fingerprint density at radius 3 is 2.75 bits per heavy atom. The van der Waals surface area contributed by atoms with Crippen LogP contribution in [0.15, 0.2) is 36.0 Å². The fraction of sp³-hybridized carbons (Fsp3) is 0.333. The van der Waals surface area contributed by atoms with Crippen LogP contribution in [-0.2, 0) is 4.79 Å². The Kier molecular flexibility index (Phi) is 6.61. The molecule has 0 spiro atoms. The standard InChI is InChI=1S/C15H18ClN3O/c1-11(2)13-5-3-4-6-14(13)19-10-12(9-17)15(20)18-8-7-16/h3-6,10-11,19H,7-8H2,1-2H3,(H,18,20)/b12-10-. The van der Waals surface area contributed by atoms with Crippen LogP contribution in [0.2, 0.25) is 0 Å². The SMILES string of the molecule is CC(C)c1ccccc1N/C=C(/C#N)C(=O)NCCCl. The number of hydrogen-bond donors (Lipinski definition) is 2. The number of hydrogen-bond acceptors (Lipinski definition) is 3. The summed E-state index contributed by atoms with van der Waals surface area (Å²) in [5.74, 6) is 0.235. The van der Waals surface area contributed by atoms with Crippen LogP contribution in [0.3, 0.4) is 0 Å². The van der Waals surface area contributed by atoms with Crippen molar-refractivity contribution in [2.24, 2.45) is 0 Å². The van der Waals surface area contributed by atoms with Gasteiger partial charge >= 0.3 is 0 Å². The number of nitrogens with zero attached hydrogens (tertiary/aromatic N) is 1. The molecule has 1 aromatic rings. The maximum atomic E-state index is 11.7. The molecular weight excluding hydrogens is 274 g/mol. The lowest BCUT2D eigenvalue weighted by Gasteiger charge is -2.12. The first-order valence-corrected chi connectivity index (χ1v) is 6.93. The second kappa shape index (κ2) is 8.23. The molecule has 2 N–H and O–H groups in total. The first kappa shape index (κ1) is 16.1. The minimum atomic E-state index is -0.428. The number of nitrogens with one attached hydrogen (secondary N) is 2. The average molecular weight is 292 g/mol. The quantitative estimate of drug-likeness (QED) is 0.481. The van der Waals surface area contributed by atoms with Gasteiger partial charge in [-0.25, -0.2) is 0 Å². The monoisotopic (exact) mass is 291 g/mol. The third-order valence-corrected chi connectivity index (χ3v) is 2.89. The number of carbonyl (C=O) groups excluding carboxylic acids is 1. The highest BCUT2D eigenvalue weighted by Crippen LogP contribution is 2.23. The number of nitriles is 1. The van der Waals surface area contributed by atoms with Gasteiger partial charge < -0.3 is 10.6 Å². The number of benzene rings is 1. The molecule has 0 saturated heterocycles. The van der Waals surface area contributed by atoms with E-state index in [1.807, 2.05) is 30.3 Å². The van der Waals surface area contributed by atoms with E-state index in [0.29, 0.717) is 18.3 Å². The molecule has 4 nitrogen and oxygen atoms in total. The van der Waals surface area contributed by atoms with Crippen molar-refractivity contribution < 1.29 is 4.79 Å². The van der Waals surface area contributed by atoms with Crippen molar-refractivity contribution in [3.05, 3.63) is 41.6 Å². The first-order valence-electron chi connectivity index (χ1n) is 6.40. The van der Waals surface area contributed by atoms with Crippen molar-refractivity contribution in [3.63, 3.8) is 0 Å².